The lowest BCUT2D eigenvalue weighted by molar-refractivity contribution is -0.384. The molecule has 0 saturated carbocycles. The molecule has 0 spiro atoms. The van der Waals surface area contributed by atoms with Crippen molar-refractivity contribution in [1.82, 2.24) is 0 Å². The van der Waals surface area contributed by atoms with Gasteiger partial charge in [0.2, 0.25) is 0 Å². The van der Waals surface area contributed by atoms with Gasteiger partial charge in [-0.1, -0.05) is 18.2 Å². The quantitative estimate of drug-likeness (QED) is 0.536. The van der Waals surface area contributed by atoms with E-state index >= 15 is 0 Å². The molecule has 0 saturated heterocycles. The first-order chi connectivity index (χ1) is 13.6. The molecule has 7 heteroatoms. The van der Waals surface area contributed by atoms with Gasteiger partial charge in [-0.2, -0.15) is 0 Å². The normalized spacial score (nSPS) is 13.6. The van der Waals surface area contributed by atoms with E-state index in [9.17, 15) is 10.1 Å². The highest BCUT2D eigenvalue weighted by Gasteiger charge is 2.23. The van der Waals surface area contributed by atoms with Crippen molar-refractivity contribution < 1.29 is 19.1 Å². The topological polar surface area (TPSA) is 82.9 Å². The van der Waals surface area contributed by atoms with Crippen LogP contribution in [0.4, 0.5) is 11.4 Å². The zero-order chi connectivity index (χ0) is 19.9. The summed E-state index contributed by atoms with van der Waals surface area (Å²) in [6, 6.07) is 11.0. The van der Waals surface area contributed by atoms with E-state index in [2.05, 4.69) is 5.32 Å². The number of nitrogens with one attached hydrogen (secondary N) is 1. The number of para-hydroxylation sites is 1. The molecule has 0 amide bonds. The summed E-state index contributed by atoms with van der Waals surface area (Å²) < 4.78 is 16.2. The minimum Gasteiger partial charge on any atom is -0.493 e. The van der Waals surface area contributed by atoms with E-state index in [0.29, 0.717) is 55.5 Å². The molecule has 7 nitrogen and oxygen atoms in total. The number of nitro benzene ring substituents is 1. The molecular formula is C21H24N2O5. The van der Waals surface area contributed by atoms with Crippen molar-refractivity contribution in [2.24, 2.45) is 0 Å². The second-order valence-electron chi connectivity index (χ2n) is 6.28. The van der Waals surface area contributed by atoms with Gasteiger partial charge in [0.1, 0.15) is 5.69 Å². The molecule has 2 aromatic carbocycles. The summed E-state index contributed by atoms with van der Waals surface area (Å²) in [4.78, 5) is 11.5. The number of ether oxygens (including phenoxy) is 3. The molecule has 148 valence electrons. The fraction of sp³-hybridized carbons (Fsp3) is 0.333. The fourth-order valence-corrected chi connectivity index (χ4v) is 3.21. The van der Waals surface area contributed by atoms with Crippen LogP contribution in [0.15, 0.2) is 42.5 Å². The average Bonchev–Trinajstić information content (AvgIpc) is 2.73. The largest absolute Gasteiger partial charge is 0.493 e. The Morgan fingerprint density at radius 2 is 2.11 bits per heavy atom. The second kappa shape index (κ2) is 9.23. The fourth-order valence-electron chi connectivity index (χ4n) is 3.21. The number of hydrogen-bond donors (Lipinski definition) is 1. The maximum absolute atomic E-state index is 11.8. The Morgan fingerprint density at radius 3 is 2.79 bits per heavy atom. The van der Waals surface area contributed by atoms with Crippen molar-refractivity contribution in [3.63, 3.8) is 0 Å². The van der Waals surface area contributed by atoms with Gasteiger partial charge < -0.3 is 19.5 Å². The molecule has 3 rings (SSSR count). The zero-order valence-electron chi connectivity index (χ0n) is 16.1. The predicted molar refractivity (Wildman–Crippen MR) is 108 cm³/mol. The monoisotopic (exact) mass is 384 g/mol. The van der Waals surface area contributed by atoms with Crippen LogP contribution in [0, 0.1) is 10.1 Å². The van der Waals surface area contributed by atoms with E-state index in [1.807, 2.05) is 37.3 Å². The molecule has 0 bridgehead atoms. The molecule has 0 fully saturated rings. The smallest absolute Gasteiger partial charge is 0.299 e. The van der Waals surface area contributed by atoms with Crippen molar-refractivity contribution in [3.8, 4) is 11.5 Å². The molecular weight excluding hydrogens is 360 g/mol. The van der Waals surface area contributed by atoms with Crippen LogP contribution in [0.2, 0.25) is 0 Å². The van der Waals surface area contributed by atoms with E-state index in [-0.39, 0.29) is 10.6 Å². The summed E-state index contributed by atoms with van der Waals surface area (Å²) in [5.41, 5.74) is 3.11. The average molecular weight is 384 g/mol. The van der Waals surface area contributed by atoms with E-state index in [1.165, 1.54) is 0 Å². The second-order valence-corrected chi connectivity index (χ2v) is 6.28. The molecule has 0 atom stereocenters. The van der Waals surface area contributed by atoms with Gasteiger partial charge in [-0.25, -0.2) is 0 Å². The van der Waals surface area contributed by atoms with Crippen LogP contribution in [0.3, 0.4) is 0 Å². The first-order valence-electron chi connectivity index (χ1n) is 9.22. The van der Waals surface area contributed by atoms with Crippen LogP contribution in [0.25, 0.3) is 5.57 Å². The first kappa shape index (κ1) is 19.7. The maximum atomic E-state index is 11.8. The maximum Gasteiger partial charge on any atom is 0.299 e. The number of benzene rings is 2. The lowest BCUT2D eigenvalue weighted by Gasteiger charge is -2.16. The Balaban J connectivity index is 1.85. The highest BCUT2D eigenvalue weighted by Crippen LogP contribution is 2.36. The number of anilines is 1. The lowest BCUT2D eigenvalue weighted by Crippen LogP contribution is -2.08. The van der Waals surface area contributed by atoms with Gasteiger partial charge in [-0.15, -0.1) is 0 Å². The summed E-state index contributed by atoms with van der Waals surface area (Å²) in [7, 11) is 1.59. The summed E-state index contributed by atoms with van der Waals surface area (Å²) in [5.74, 6) is 1.31. The van der Waals surface area contributed by atoms with Crippen LogP contribution in [0.1, 0.15) is 24.5 Å². The minimum absolute atomic E-state index is 0.0918. The third-order valence-electron chi connectivity index (χ3n) is 4.54. The number of hydrogen-bond acceptors (Lipinski definition) is 6. The molecule has 1 heterocycles. The van der Waals surface area contributed by atoms with Crippen molar-refractivity contribution in [2.75, 3.05) is 32.2 Å². The van der Waals surface area contributed by atoms with E-state index in [0.717, 1.165) is 11.1 Å². The Bertz CT molecular complexity index is 879. The van der Waals surface area contributed by atoms with Gasteiger partial charge in [0.05, 0.1) is 37.4 Å². The summed E-state index contributed by atoms with van der Waals surface area (Å²) in [5, 5.41) is 15.0. The number of methoxy groups -OCH3 is 1. The standard InChI is InChI=1S/C21H24N2O5/c1-3-28-20-13-15(7-8-19(20)26-2)14-22-18-6-4-5-17(21(18)23(24)25)16-9-11-27-12-10-16/h4-9,13,22H,3,10-12,14H2,1-2H3. The molecule has 1 aliphatic rings. The third kappa shape index (κ3) is 4.43. The van der Waals surface area contributed by atoms with Crippen LogP contribution in [-0.2, 0) is 11.3 Å². The van der Waals surface area contributed by atoms with Crippen molar-refractivity contribution in [1.29, 1.82) is 0 Å². The summed E-state index contributed by atoms with van der Waals surface area (Å²) in [6.07, 6.45) is 2.58. The van der Waals surface area contributed by atoms with Crippen LogP contribution >= 0.6 is 0 Å². The van der Waals surface area contributed by atoms with Gasteiger partial charge in [0, 0.05) is 6.54 Å². The van der Waals surface area contributed by atoms with Crippen LogP contribution < -0.4 is 14.8 Å². The highest BCUT2D eigenvalue weighted by molar-refractivity contribution is 5.80. The molecule has 1 aliphatic heterocycles. The van der Waals surface area contributed by atoms with Gasteiger partial charge >= 0.3 is 0 Å². The van der Waals surface area contributed by atoms with Crippen molar-refractivity contribution in [2.45, 2.75) is 19.9 Å². The minimum atomic E-state index is -0.326. The van der Waals surface area contributed by atoms with Crippen LogP contribution in [0.5, 0.6) is 11.5 Å². The molecule has 0 aromatic heterocycles. The third-order valence-corrected chi connectivity index (χ3v) is 4.54. The summed E-state index contributed by atoms with van der Waals surface area (Å²) in [6.45, 7) is 3.92. The van der Waals surface area contributed by atoms with E-state index < -0.39 is 0 Å². The number of rotatable bonds is 8. The Kier molecular flexibility index (Phi) is 6.49. The number of nitrogens with zero attached hydrogens (tertiary/aromatic N) is 1. The predicted octanol–water partition coefficient (Wildman–Crippen LogP) is 4.42. The van der Waals surface area contributed by atoms with E-state index in [1.54, 1.807) is 19.2 Å². The molecule has 0 radical (unpaired) electrons. The SMILES string of the molecule is CCOc1cc(CNc2cccc(C3=CCOCC3)c2[N+](=O)[O-])ccc1OC. The molecule has 0 aliphatic carbocycles. The molecule has 0 unspecified atom stereocenters. The van der Waals surface area contributed by atoms with Gasteiger partial charge in [0.15, 0.2) is 11.5 Å². The Hall–Kier alpha value is -3.06. The molecule has 2 aromatic rings. The van der Waals surface area contributed by atoms with Crippen molar-refractivity contribution >= 4 is 16.9 Å². The summed E-state index contributed by atoms with van der Waals surface area (Å²) >= 11 is 0. The van der Waals surface area contributed by atoms with E-state index in [4.69, 9.17) is 14.2 Å². The number of nitro groups is 1. The highest BCUT2D eigenvalue weighted by atomic mass is 16.6. The Morgan fingerprint density at radius 1 is 1.25 bits per heavy atom. The zero-order valence-corrected chi connectivity index (χ0v) is 16.1. The van der Waals surface area contributed by atoms with Gasteiger partial charge in [0.25, 0.3) is 5.69 Å². The first-order valence-corrected chi connectivity index (χ1v) is 9.22. The van der Waals surface area contributed by atoms with Gasteiger partial charge in [-0.05, 0) is 48.7 Å². The molecule has 28 heavy (non-hydrogen) atoms. The molecule has 1 N–H and O–H groups in total. The van der Waals surface area contributed by atoms with Gasteiger partial charge in [-0.3, -0.25) is 10.1 Å². The Labute approximate surface area is 164 Å². The van der Waals surface area contributed by atoms with Crippen molar-refractivity contribution in [3.05, 3.63) is 63.7 Å². The lowest BCUT2D eigenvalue weighted by atomic mass is 9.99. The van der Waals surface area contributed by atoms with Crippen LogP contribution in [-0.4, -0.2) is 31.9 Å².